The van der Waals surface area contributed by atoms with Crippen LogP contribution in [-0.4, -0.2) is 29.9 Å². The van der Waals surface area contributed by atoms with Gasteiger partial charge in [0, 0.05) is 19.1 Å². The lowest BCUT2D eigenvalue weighted by Crippen LogP contribution is -2.34. The van der Waals surface area contributed by atoms with Crippen molar-refractivity contribution in [3.8, 4) is 0 Å². The average Bonchev–Trinajstić information content (AvgIpc) is 2.85. The van der Waals surface area contributed by atoms with E-state index in [1.54, 1.807) is 11.3 Å². The third kappa shape index (κ3) is 2.21. The molecule has 0 aliphatic carbocycles. The molecule has 1 unspecified atom stereocenters. The summed E-state index contributed by atoms with van der Waals surface area (Å²) in [5, 5.41) is 4.05. The van der Waals surface area contributed by atoms with Crippen LogP contribution in [0.4, 0.5) is 0 Å². The Morgan fingerprint density at radius 1 is 1.73 bits per heavy atom. The van der Waals surface area contributed by atoms with Crippen LogP contribution < -0.4 is 5.73 Å². The zero-order valence-corrected chi connectivity index (χ0v) is 9.67. The standard InChI is InChI=1S/C11H16N2OS/c1-8(9-3-5-15-7-9)11(14)13-4-2-10(12)6-13/h3,5,7-8,10H,2,4,6,12H2,1H3/t8?,10-/m0/s1. The van der Waals surface area contributed by atoms with E-state index < -0.39 is 0 Å². The molecular weight excluding hydrogens is 208 g/mol. The van der Waals surface area contributed by atoms with Crippen molar-refractivity contribution in [2.24, 2.45) is 5.73 Å². The Hall–Kier alpha value is -0.870. The molecule has 0 spiro atoms. The maximum Gasteiger partial charge on any atom is 0.229 e. The maximum absolute atomic E-state index is 12.1. The summed E-state index contributed by atoms with van der Waals surface area (Å²) in [6.07, 6.45) is 0.933. The smallest absolute Gasteiger partial charge is 0.229 e. The number of carbonyl (C=O) groups excluding carboxylic acids is 1. The summed E-state index contributed by atoms with van der Waals surface area (Å²) in [4.78, 5) is 13.9. The number of nitrogens with zero attached hydrogens (tertiary/aromatic N) is 1. The summed E-state index contributed by atoms with van der Waals surface area (Å²) < 4.78 is 0. The van der Waals surface area contributed by atoms with Gasteiger partial charge in [-0.1, -0.05) is 0 Å². The van der Waals surface area contributed by atoms with Crippen molar-refractivity contribution in [3.63, 3.8) is 0 Å². The Balaban J connectivity index is 2.02. The maximum atomic E-state index is 12.1. The molecule has 15 heavy (non-hydrogen) atoms. The molecule has 4 heteroatoms. The lowest BCUT2D eigenvalue weighted by molar-refractivity contribution is -0.131. The van der Waals surface area contributed by atoms with E-state index in [-0.39, 0.29) is 17.9 Å². The van der Waals surface area contributed by atoms with Crippen LogP contribution in [0.25, 0.3) is 0 Å². The quantitative estimate of drug-likeness (QED) is 0.825. The lowest BCUT2D eigenvalue weighted by Gasteiger charge is -2.20. The van der Waals surface area contributed by atoms with Crippen LogP contribution in [0.15, 0.2) is 16.8 Å². The average molecular weight is 224 g/mol. The number of nitrogens with two attached hydrogens (primary N) is 1. The van der Waals surface area contributed by atoms with Gasteiger partial charge in [-0.05, 0) is 35.7 Å². The molecule has 2 N–H and O–H groups in total. The minimum atomic E-state index is -0.0263. The van der Waals surface area contributed by atoms with Gasteiger partial charge in [0.2, 0.25) is 5.91 Å². The Morgan fingerprint density at radius 3 is 3.07 bits per heavy atom. The number of hydrogen-bond donors (Lipinski definition) is 1. The van der Waals surface area contributed by atoms with E-state index in [0.29, 0.717) is 6.54 Å². The zero-order valence-electron chi connectivity index (χ0n) is 8.85. The first-order valence-corrected chi connectivity index (χ1v) is 6.19. The van der Waals surface area contributed by atoms with Gasteiger partial charge in [0.1, 0.15) is 0 Å². The van der Waals surface area contributed by atoms with Gasteiger partial charge >= 0.3 is 0 Å². The monoisotopic (exact) mass is 224 g/mol. The number of amides is 1. The van der Waals surface area contributed by atoms with Crippen molar-refractivity contribution in [2.45, 2.75) is 25.3 Å². The van der Waals surface area contributed by atoms with Crippen molar-refractivity contribution in [1.82, 2.24) is 4.90 Å². The van der Waals surface area contributed by atoms with Crippen LogP contribution in [0.1, 0.15) is 24.8 Å². The second-order valence-electron chi connectivity index (χ2n) is 4.11. The molecule has 0 aromatic carbocycles. The van der Waals surface area contributed by atoms with Crippen LogP contribution in [0.5, 0.6) is 0 Å². The minimum Gasteiger partial charge on any atom is -0.341 e. The van der Waals surface area contributed by atoms with Crippen molar-refractivity contribution >= 4 is 17.2 Å². The van der Waals surface area contributed by atoms with Gasteiger partial charge in [-0.3, -0.25) is 4.79 Å². The zero-order chi connectivity index (χ0) is 10.8. The fourth-order valence-corrected chi connectivity index (χ4v) is 2.68. The third-order valence-corrected chi connectivity index (χ3v) is 3.65. The number of hydrogen-bond acceptors (Lipinski definition) is 3. The first-order chi connectivity index (χ1) is 7.18. The van der Waals surface area contributed by atoms with Crippen LogP contribution >= 0.6 is 11.3 Å². The lowest BCUT2D eigenvalue weighted by atomic mass is 10.0. The number of carbonyl (C=O) groups is 1. The molecule has 1 saturated heterocycles. The molecule has 0 bridgehead atoms. The molecule has 1 aromatic heterocycles. The molecule has 1 fully saturated rings. The highest BCUT2D eigenvalue weighted by Gasteiger charge is 2.27. The fraction of sp³-hybridized carbons (Fsp3) is 0.545. The number of likely N-dealkylation sites (tertiary alicyclic amines) is 1. The molecule has 1 amide bonds. The molecule has 0 saturated carbocycles. The molecule has 2 heterocycles. The van der Waals surface area contributed by atoms with E-state index in [2.05, 4.69) is 0 Å². The van der Waals surface area contributed by atoms with E-state index in [4.69, 9.17) is 5.73 Å². The van der Waals surface area contributed by atoms with Gasteiger partial charge in [-0.2, -0.15) is 11.3 Å². The van der Waals surface area contributed by atoms with Gasteiger partial charge in [-0.15, -0.1) is 0 Å². The van der Waals surface area contributed by atoms with E-state index >= 15 is 0 Å². The molecule has 82 valence electrons. The highest BCUT2D eigenvalue weighted by molar-refractivity contribution is 7.08. The number of rotatable bonds is 2. The SMILES string of the molecule is CC(C(=O)N1CC[C@H](N)C1)c1ccsc1. The first kappa shape index (κ1) is 10.6. The summed E-state index contributed by atoms with van der Waals surface area (Å²) in [5.74, 6) is 0.183. The van der Waals surface area contributed by atoms with Gasteiger partial charge in [0.25, 0.3) is 0 Å². The van der Waals surface area contributed by atoms with E-state index in [0.717, 1.165) is 18.5 Å². The molecule has 2 atom stereocenters. The Kier molecular flexibility index (Phi) is 3.07. The normalized spacial score (nSPS) is 23.1. The highest BCUT2D eigenvalue weighted by atomic mass is 32.1. The molecule has 3 nitrogen and oxygen atoms in total. The summed E-state index contributed by atoms with van der Waals surface area (Å²) in [6.45, 7) is 3.50. The van der Waals surface area contributed by atoms with E-state index in [1.165, 1.54) is 0 Å². The van der Waals surface area contributed by atoms with Gasteiger partial charge in [0.15, 0.2) is 0 Å². The van der Waals surface area contributed by atoms with Crippen molar-refractivity contribution < 1.29 is 4.79 Å². The molecule has 1 aromatic rings. The second kappa shape index (κ2) is 4.33. The summed E-state index contributed by atoms with van der Waals surface area (Å²) in [6, 6.07) is 2.19. The molecular formula is C11H16N2OS. The fourth-order valence-electron chi connectivity index (χ4n) is 1.93. The topological polar surface area (TPSA) is 46.3 Å². The summed E-state index contributed by atoms with van der Waals surface area (Å²) in [7, 11) is 0. The van der Waals surface area contributed by atoms with Crippen LogP contribution in [0.2, 0.25) is 0 Å². The van der Waals surface area contributed by atoms with E-state index in [9.17, 15) is 4.79 Å². The van der Waals surface area contributed by atoms with Gasteiger partial charge < -0.3 is 10.6 Å². The van der Waals surface area contributed by atoms with Gasteiger partial charge in [-0.25, -0.2) is 0 Å². The van der Waals surface area contributed by atoms with Crippen molar-refractivity contribution in [1.29, 1.82) is 0 Å². The molecule has 0 radical (unpaired) electrons. The van der Waals surface area contributed by atoms with Crippen LogP contribution in [0.3, 0.4) is 0 Å². The van der Waals surface area contributed by atoms with Crippen LogP contribution in [0, 0.1) is 0 Å². The summed E-state index contributed by atoms with van der Waals surface area (Å²) in [5.41, 5.74) is 6.91. The van der Waals surface area contributed by atoms with Crippen molar-refractivity contribution in [3.05, 3.63) is 22.4 Å². The van der Waals surface area contributed by atoms with Crippen LogP contribution in [-0.2, 0) is 4.79 Å². The Morgan fingerprint density at radius 2 is 2.53 bits per heavy atom. The predicted molar refractivity (Wildman–Crippen MR) is 61.9 cm³/mol. The second-order valence-corrected chi connectivity index (χ2v) is 4.89. The Labute approximate surface area is 93.9 Å². The Bertz CT molecular complexity index is 336. The first-order valence-electron chi connectivity index (χ1n) is 5.25. The molecule has 1 aliphatic rings. The predicted octanol–water partition coefficient (Wildman–Crippen LogP) is 1.41. The minimum absolute atomic E-state index is 0.0263. The largest absolute Gasteiger partial charge is 0.341 e. The number of thiophene rings is 1. The molecule has 2 rings (SSSR count). The molecule has 1 aliphatic heterocycles. The van der Waals surface area contributed by atoms with E-state index in [1.807, 2.05) is 28.7 Å². The highest BCUT2D eigenvalue weighted by Crippen LogP contribution is 2.22. The third-order valence-electron chi connectivity index (χ3n) is 2.95. The van der Waals surface area contributed by atoms with Gasteiger partial charge in [0.05, 0.1) is 5.92 Å². The van der Waals surface area contributed by atoms with Crippen molar-refractivity contribution in [2.75, 3.05) is 13.1 Å². The summed E-state index contributed by atoms with van der Waals surface area (Å²) >= 11 is 1.63.